The number of hydrogen-bond donors (Lipinski definition) is 0. The molecule has 1 heterocycles. The van der Waals surface area contributed by atoms with Crippen LogP contribution in [-0.2, 0) is 0 Å². The zero-order valence-electron chi connectivity index (χ0n) is 10.3. The van der Waals surface area contributed by atoms with Gasteiger partial charge in [-0.05, 0) is 21.8 Å². The van der Waals surface area contributed by atoms with Crippen LogP contribution in [0.25, 0.3) is 0 Å². The maximum absolute atomic E-state index is 2.31. The van der Waals surface area contributed by atoms with E-state index in [1.807, 2.05) is 11.8 Å². The second-order valence-corrected chi connectivity index (χ2v) is 6.90. The Morgan fingerprint density at radius 1 is 1.00 bits per heavy atom. The van der Waals surface area contributed by atoms with E-state index < -0.39 is 0 Å². The molecule has 0 spiro atoms. The average Bonchev–Trinajstić information content (AvgIpc) is 2.01. The van der Waals surface area contributed by atoms with Crippen molar-refractivity contribution < 1.29 is 0 Å². The van der Waals surface area contributed by atoms with Crippen LogP contribution in [-0.4, -0.2) is 5.75 Å². The maximum Gasteiger partial charge on any atom is 0.0196 e. The summed E-state index contributed by atoms with van der Waals surface area (Å²) in [4.78, 5) is 0. The summed E-state index contributed by atoms with van der Waals surface area (Å²) in [5, 5.41) is 2.23. The van der Waals surface area contributed by atoms with Crippen molar-refractivity contribution in [2.24, 2.45) is 10.8 Å². The lowest BCUT2D eigenvalue weighted by Crippen LogP contribution is -2.21. The van der Waals surface area contributed by atoms with Crippen molar-refractivity contribution in [3.63, 3.8) is 0 Å². The lowest BCUT2D eigenvalue weighted by atomic mass is 9.75. The van der Waals surface area contributed by atoms with Gasteiger partial charge in [0.25, 0.3) is 0 Å². The van der Waals surface area contributed by atoms with Gasteiger partial charge in [0.2, 0.25) is 0 Å². The van der Waals surface area contributed by atoms with Gasteiger partial charge < -0.3 is 0 Å². The molecule has 1 aliphatic rings. The molecule has 0 nitrogen and oxygen atoms in total. The molecule has 0 aliphatic carbocycles. The fourth-order valence-electron chi connectivity index (χ4n) is 1.75. The summed E-state index contributed by atoms with van der Waals surface area (Å²) in [5.41, 5.74) is 3.72. The van der Waals surface area contributed by atoms with Crippen LogP contribution in [0.2, 0.25) is 0 Å². The largest absolute Gasteiger partial charge is 0.130 e. The summed E-state index contributed by atoms with van der Waals surface area (Å²) in [7, 11) is 0. The quantitative estimate of drug-likeness (QED) is 0.561. The predicted octanol–water partition coefficient (Wildman–Crippen LogP) is 4.64. The molecule has 0 bridgehead atoms. The SMILES string of the molecule is CC(C)(C)C1=C(C(C)(C)C)CSC=C1. The van der Waals surface area contributed by atoms with Crippen molar-refractivity contribution in [1.82, 2.24) is 0 Å². The summed E-state index contributed by atoms with van der Waals surface area (Å²) >= 11 is 1.91. The van der Waals surface area contributed by atoms with Crippen LogP contribution < -0.4 is 0 Å². The highest BCUT2D eigenvalue weighted by Crippen LogP contribution is 2.41. The Morgan fingerprint density at radius 3 is 1.93 bits per heavy atom. The number of hydrogen-bond acceptors (Lipinski definition) is 1. The second kappa shape index (κ2) is 3.77. The lowest BCUT2D eigenvalue weighted by molar-refractivity contribution is 0.455. The number of thioether (sulfide) groups is 1. The molecule has 1 rings (SSSR count). The number of allylic oxidation sites excluding steroid dienone is 2. The molecule has 0 amide bonds. The van der Waals surface area contributed by atoms with E-state index >= 15 is 0 Å². The Bertz CT molecular complexity index is 269. The van der Waals surface area contributed by atoms with Crippen molar-refractivity contribution in [3.05, 3.63) is 22.6 Å². The minimum atomic E-state index is 0.278. The molecule has 0 aromatic carbocycles. The van der Waals surface area contributed by atoms with Crippen LogP contribution in [0.1, 0.15) is 41.5 Å². The van der Waals surface area contributed by atoms with Crippen molar-refractivity contribution in [3.8, 4) is 0 Å². The van der Waals surface area contributed by atoms with E-state index in [9.17, 15) is 0 Å². The minimum Gasteiger partial charge on any atom is -0.130 e. The van der Waals surface area contributed by atoms with Gasteiger partial charge in [-0.25, -0.2) is 0 Å². The first kappa shape index (κ1) is 11.9. The topological polar surface area (TPSA) is 0 Å². The average molecular weight is 210 g/mol. The third kappa shape index (κ3) is 2.66. The van der Waals surface area contributed by atoms with E-state index in [4.69, 9.17) is 0 Å². The minimum absolute atomic E-state index is 0.278. The van der Waals surface area contributed by atoms with Gasteiger partial charge in [0.05, 0.1) is 0 Å². The summed E-state index contributed by atoms with van der Waals surface area (Å²) in [6.07, 6.45) is 2.30. The molecular formula is C13H22S. The van der Waals surface area contributed by atoms with Gasteiger partial charge in [-0.1, -0.05) is 53.2 Å². The van der Waals surface area contributed by atoms with Gasteiger partial charge in [-0.15, -0.1) is 11.8 Å². The standard InChI is InChI=1S/C13H22S/c1-12(2,3)10-7-8-14-9-11(10)13(4,5)6/h7-8H,9H2,1-6H3. The van der Waals surface area contributed by atoms with E-state index in [-0.39, 0.29) is 5.41 Å². The van der Waals surface area contributed by atoms with Crippen LogP contribution in [0.3, 0.4) is 0 Å². The smallest absolute Gasteiger partial charge is 0.0196 e. The molecule has 0 aromatic rings. The Labute approximate surface area is 92.9 Å². The first-order valence-electron chi connectivity index (χ1n) is 5.25. The summed E-state index contributed by atoms with van der Waals surface area (Å²) in [6, 6.07) is 0. The fraction of sp³-hybridized carbons (Fsp3) is 0.692. The van der Waals surface area contributed by atoms with Crippen molar-refractivity contribution in [2.75, 3.05) is 5.75 Å². The monoisotopic (exact) mass is 210 g/mol. The highest BCUT2D eigenvalue weighted by Gasteiger charge is 2.27. The Hall–Kier alpha value is -0.170. The summed E-state index contributed by atoms with van der Waals surface area (Å²) in [6.45, 7) is 13.8. The van der Waals surface area contributed by atoms with Crippen molar-refractivity contribution >= 4 is 11.8 Å². The van der Waals surface area contributed by atoms with E-state index in [1.165, 1.54) is 5.57 Å². The lowest BCUT2D eigenvalue weighted by Gasteiger charge is -2.33. The van der Waals surface area contributed by atoms with E-state index in [2.05, 4.69) is 53.0 Å². The van der Waals surface area contributed by atoms with E-state index in [0.29, 0.717) is 5.41 Å². The van der Waals surface area contributed by atoms with Crippen LogP contribution >= 0.6 is 11.8 Å². The van der Waals surface area contributed by atoms with Gasteiger partial charge in [0.1, 0.15) is 0 Å². The molecule has 1 heteroatoms. The Kier molecular flexibility index (Phi) is 3.20. The molecule has 0 radical (unpaired) electrons. The molecule has 0 aromatic heterocycles. The maximum atomic E-state index is 2.31. The van der Waals surface area contributed by atoms with Crippen LogP contribution in [0.4, 0.5) is 0 Å². The first-order valence-corrected chi connectivity index (χ1v) is 6.30. The second-order valence-electron chi connectivity index (χ2n) is 6.01. The molecule has 0 saturated heterocycles. The summed E-state index contributed by atoms with van der Waals surface area (Å²) < 4.78 is 0. The van der Waals surface area contributed by atoms with E-state index in [1.54, 1.807) is 5.57 Å². The van der Waals surface area contributed by atoms with Crippen LogP contribution in [0.15, 0.2) is 22.6 Å². The van der Waals surface area contributed by atoms with Crippen LogP contribution in [0.5, 0.6) is 0 Å². The van der Waals surface area contributed by atoms with Gasteiger partial charge in [0.15, 0.2) is 0 Å². The first-order chi connectivity index (χ1) is 6.23. The van der Waals surface area contributed by atoms with E-state index in [0.717, 1.165) is 5.75 Å². The molecule has 1 aliphatic heterocycles. The molecule has 0 fully saturated rings. The van der Waals surface area contributed by atoms with Gasteiger partial charge in [-0.2, -0.15) is 0 Å². The highest BCUT2D eigenvalue weighted by atomic mass is 32.2. The molecular weight excluding hydrogens is 188 g/mol. The predicted molar refractivity (Wildman–Crippen MR) is 67.5 cm³/mol. The normalized spacial score (nSPS) is 19.0. The van der Waals surface area contributed by atoms with Crippen molar-refractivity contribution in [2.45, 2.75) is 41.5 Å². The summed E-state index contributed by atoms with van der Waals surface area (Å²) in [5.74, 6) is 1.16. The van der Waals surface area contributed by atoms with Crippen molar-refractivity contribution in [1.29, 1.82) is 0 Å². The van der Waals surface area contributed by atoms with Gasteiger partial charge in [-0.3, -0.25) is 0 Å². The molecule has 0 atom stereocenters. The van der Waals surface area contributed by atoms with Gasteiger partial charge >= 0.3 is 0 Å². The Morgan fingerprint density at radius 2 is 1.57 bits per heavy atom. The molecule has 80 valence electrons. The highest BCUT2D eigenvalue weighted by molar-refractivity contribution is 8.02. The van der Waals surface area contributed by atoms with Gasteiger partial charge in [0, 0.05) is 5.75 Å². The molecule has 14 heavy (non-hydrogen) atoms. The fourth-order valence-corrected chi connectivity index (χ4v) is 2.83. The van der Waals surface area contributed by atoms with Crippen LogP contribution in [0, 0.1) is 10.8 Å². The number of rotatable bonds is 0. The zero-order chi connectivity index (χ0) is 11.0. The Balaban J connectivity index is 3.18. The molecule has 0 saturated carbocycles. The molecule has 0 unspecified atom stereocenters. The third-order valence-corrected chi connectivity index (χ3v) is 3.38. The third-order valence-electron chi connectivity index (χ3n) is 2.60. The zero-order valence-corrected chi connectivity index (χ0v) is 11.1. The molecule has 0 N–H and O–H groups in total.